The fourth-order valence-corrected chi connectivity index (χ4v) is 3.29. The number of methoxy groups -OCH3 is 2. The lowest BCUT2D eigenvalue weighted by Crippen LogP contribution is -2.32. The summed E-state index contributed by atoms with van der Waals surface area (Å²) in [6, 6.07) is 14.0. The Labute approximate surface area is 154 Å². The molecule has 0 aromatic heterocycles. The fourth-order valence-electron chi connectivity index (χ4n) is 3.29. The van der Waals surface area contributed by atoms with Crippen LogP contribution in [-0.4, -0.2) is 26.7 Å². The van der Waals surface area contributed by atoms with E-state index in [0.717, 1.165) is 18.4 Å². The van der Waals surface area contributed by atoms with Gasteiger partial charge in [-0.05, 0) is 37.5 Å². The van der Waals surface area contributed by atoms with E-state index in [2.05, 4.69) is 29.6 Å². The zero-order valence-corrected chi connectivity index (χ0v) is 15.5. The maximum absolute atomic E-state index is 12.7. The summed E-state index contributed by atoms with van der Waals surface area (Å²) >= 11 is 0. The smallest absolute Gasteiger partial charge is 0.251 e. The molecular weight excluding hydrogens is 326 g/mol. The summed E-state index contributed by atoms with van der Waals surface area (Å²) in [4.78, 5) is 12.7. The van der Waals surface area contributed by atoms with Crippen molar-refractivity contribution in [2.45, 2.75) is 25.2 Å². The number of rotatable bonds is 7. The molecule has 0 radical (unpaired) electrons. The van der Waals surface area contributed by atoms with Crippen molar-refractivity contribution in [2.75, 3.05) is 20.8 Å². The summed E-state index contributed by atoms with van der Waals surface area (Å²) in [6.07, 6.45) is 6.03. The van der Waals surface area contributed by atoms with E-state index in [1.165, 1.54) is 5.56 Å². The zero-order chi connectivity index (χ0) is 18.6. The van der Waals surface area contributed by atoms with E-state index < -0.39 is 0 Å². The van der Waals surface area contributed by atoms with Crippen LogP contribution in [-0.2, 0) is 5.41 Å². The van der Waals surface area contributed by atoms with Crippen LogP contribution in [0.25, 0.3) is 6.08 Å². The van der Waals surface area contributed by atoms with Crippen LogP contribution in [0, 0.1) is 0 Å². The zero-order valence-electron chi connectivity index (χ0n) is 15.5. The van der Waals surface area contributed by atoms with Gasteiger partial charge in [0, 0.05) is 23.1 Å². The summed E-state index contributed by atoms with van der Waals surface area (Å²) in [5, 5.41) is 3.10. The minimum atomic E-state index is -0.0982. The SMILES string of the molecule is C/C=C/c1cc(C(=O)NCC2(c3ccccc3)CC2)cc(OC)c1OC. The third-order valence-corrected chi connectivity index (χ3v) is 4.94. The van der Waals surface area contributed by atoms with Gasteiger partial charge in [-0.1, -0.05) is 42.5 Å². The Morgan fingerprint density at radius 1 is 1.15 bits per heavy atom. The average molecular weight is 351 g/mol. The Kier molecular flexibility index (Phi) is 5.31. The standard InChI is InChI=1S/C22H25NO3/c1-4-8-16-13-17(14-19(25-2)20(16)26-3)21(24)23-15-22(11-12-22)18-9-6-5-7-10-18/h4-10,13-14H,11-12,15H2,1-3H3,(H,23,24)/b8-4+. The van der Waals surface area contributed by atoms with Crippen molar-refractivity contribution >= 4 is 12.0 Å². The van der Waals surface area contributed by atoms with Crippen LogP contribution in [0.15, 0.2) is 48.5 Å². The molecule has 1 N–H and O–H groups in total. The van der Waals surface area contributed by atoms with Crippen molar-refractivity contribution in [1.29, 1.82) is 0 Å². The van der Waals surface area contributed by atoms with Crippen molar-refractivity contribution in [2.24, 2.45) is 0 Å². The summed E-state index contributed by atoms with van der Waals surface area (Å²) in [5.74, 6) is 1.08. The third-order valence-electron chi connectivity index (χ3n) is 4.94. The molecule has 2 aromatic rings. The van der Waals surface area contributed by atoms with Crippen molar-refractivity contribution in [3.63, 3.8) is 0 Å². The van der Waals surface area contributed by atoms with Crippen LogP contribution < -0.4 is 14.8 Å². The molecule has 1 fully saturated rings. The van der Waals surface area contributed by atoms with Gasteiger partial charge in [-0.2, -0.15) is 0 Å². The van der Waals surface area contributed by atoms with Gasteiger partial charge in [0.15, 0.2) is 11.5 Å². The first kappa shape index (κ1) is 18.1. The molecule has 2 aromatic carbocycles. The molecule has 1 aliphatic carbocycles. The molecule has 3 rings (SSSR count). The first-order chi connectivity index (χ1) is 12.6. The molecule has 26 heavy (non-hydrogen) atoms. The highest BCUT2D eigenvalue weighted by atomic mass is 16.5. The molecule has 0 bridgehead atoms. The van der Waals surface area contributed by atoms with Crippen molar-refractivity contribution in [1.82, 2.24) is 5.32 Å². The first-order valence-corrected chi connectivity index (χ1v) is 8.86. The van der Waals surface area contributed by atoms with E-state index in [9.17, 15) is 4.79 Å². The van der Waals surface area contributed by atoms with Crippen molar-refractivity contribution in [3.8, 4) is 11.5 Å². The lowest BCUT2D eigenvalue weighted by molar-refractivity contribution is 0.0949. The largest absolute Gasteiger partial charge is 0.493 e. The number of ether oxygens (including phenoxy) is 2. The third kappa shape index (κ3) is 3.59. The summed E-state index contributed by atoms with van der Waals surface area (Å²) in [5.41, 5.74) is 2.77. The molecule has 0 unspecified atom stereocenters. The molecule has 0 spiro atoms. The topological polar surface area (TPSA) is 47.6 Å². The quantitative estimate of drug-likeness (QED) is 0.813. The van der Waals surface area contributed by atoms with Gasteiger partial charge in [-0.25, -0.2) is 0 Å². The number of carbonyl (C=O) groups excluding carboxylic acids is 1. The Bertz CT molecular complexity index is 808. The van der Waals surface area contributed by atoms with E-state index >= 15 is 0 Å². The predicted octanol–water partition coefficient (Wildman–Crippen LogP) is 4.20. The van der Waals surface area contributed by atoms with Crippen LogP contribution in [0.1, 0.15) is 41.3 Å². The number of amides is 1. The van der Waals surface area contributed by atoms with E-state index in [1.807, 2.05) is 31.2 Å². The highest BCUT2D eigenvalue weighted by Gasteiger charge is 2.44. The van der Waals surface area contributed by atoms with Gasteiger partial charge in [0.05, 0.1) is 14.2 Å². The first-order valence-electron chi connectivity index (χ1n) is 8.86. The molecule has 0 atom stereocenters. The molecule has 1 aliphatic rings. The second-order valence-corrected chi connectivity index (χ2v) is 6.63. The van der Waals surface area contributed by atoms with Crippen molar-refractivity contribution in [3.05, 3.63) is 65.2 Å². The lowest BCUT2D eigenvalue weighted by atomic mass is 9.96. The summed E-state index contributed by atoms with van der Waals surface area (Å²) < 4.78 is 10.8. The van der Waals surface area contributed by atoms with Gasteiger partial charge < -0.3 is 14.8 Å². The number of nitrogens with one attached hydrogen (secondary N) is 1. The van der Waals surface area contributed by atoms with Crippen LogP contribution in [0.3, 0.4) is 0 Å². The van der Waals surface area contributed by atoms with Gasteiger partial charge in [0.25, 0.3) is 5.91 Å². The maximum Gasteiger partial charge on any atom is 0.251 e. The molecule has 1 amide bonds. The Morgan fingerprint density at radius 3 is 2.46 bits per heavy atom. The molecular formula is C22H25NO3. The number of allylic oxidation sites excluding steroid dienone is 1. The second kappa shape index (κ2) is 7.65. The van der Waals surface area contributed by atoms with Gasteiger partial charge in [0.2, 0.25) is 0 Å². The van der Waals surface area contributed by atoms with E-state index in [0.29, 0.717) is 23.6 Å². The molecule has 1 saturated carbocycles. The minimum absolute atomic E-state index is 0.0830. The maximum atomic E-state index is 12.7. The number of hydrogen-bond acceptors (Lipinski definition) is 3. The monoisotopic (exact) mass is 351 g/mol. The van der Waals surface area contributed by atoms with Gasteiger partial charge in [0.1, 0.15) is 0 Å². The van der Waals surface area contributed by atoms with Crippen molar-refractivity contribution < 1.29 is 14.3 Å². The van der Waals surface area contributed by atoms with Crippen LogP contribution in [0.2, 0.25) is 0 Å². The van der Waals surface area contributed by atoms with Gasteiger partial charge in [-0.3, -0.25) is 4.79 Å². The van der Waals surface area contributed by atoms with Crippen LogP contribution in [0.5, 0.6) is 11.5 Å². The average Bonchev–Trinajstić information content (AvgIpc) is 3.47. The van der Waals surface area contributed by atoms with E-state index in [-0.39, 0.29) is 11.3 Å². The molecule has 0 saturated heterocycles. The molecule has 4 heteroatoms. The Balaban J connectivity index is 1.79. The fraction of sp³-hybridized carbons (Fsp3) is 0.318. The predicted molar refractivity (Wildman–Crippen MR) is 104 cm³/mol. The molecule has 4 nitrogen and oxygen atoms in total. The minimum Gasteiger partial charge on any atom is -0.493 e. The molecule has 0 heterocycles. The van der Waals surface area contributed by atoms with Crippen LogP contribution >= 0.6 is 0 Å². The number of carbonyl (C=O) groups is 1. The lowest BCUT2D eigenvalue weighted by Gasteiger charge is -2.17. The van der Waals surface area contributed by atoms with E-state index in [4.69, 9.17) is 9.47 Å². The van der Waals surface area contributed by atoms with Gasteiger partial charge in [-0.15, -0.1) is 0 Å². The molecule has 0 aliphatic heterocycles. The second-order valence-electron chi connectivity index (χ2n) is 6.63. The summed E-state index contributed by atoms with van der Waals surface area (Å²) in [6.45, 7) is 2.57. The van der Waals surface area contributed by atoms with Gasteiger partial charge >= 0.3 is 0 Å². The Hall–Kier alpha value is -2.75. The number of hydrogen-bond donors (Lipinski definition) is 1. The summed E-state index contributed by atoms with van der Waals surface area (Å²) in [7, 11) is 3.18. The highest BCUT2D eigenvalue weighted by molar-refractivity contribution is 5.96. The number of benzene rings is 2. The normalized spacial score (nSPS) is 14.9. The Morgan fingerprint density at radius 2 is 1.88 bits per heavy atom. The highest BCUT2D eigenvalue weighted by Crippen LogP contribution is 2.47. The van der Waals surface area contributed by atoms with E-state index in [1.54, 1.807) is 20.3 Å². The molecule has 136 valence electrons. The van der Waals surface area contributed by atoms with Crippen LogP contribution in [0.4, 0.5) is 0 Å².